The first-order valence-electron chi connectivity index (χ1n) is 6.33. The van der Waals surface area contributed by atoms with Crippen LogP contribution >= 0.6 is 11.8 Å². The normalized spacial score (nSPS) is 31.4. The Hall–Kier alpha value is -0.220. The van der Waals surface area contributed by atoms with Crippen molar-refractivity contribution in [2.24, 2.45) is 10.9 Å². The van der Waals surface area contributed by atoms with Crippen LogP contribution in [-0.4, -0.2) is 37.2 Å². The molecule has 0 bridgehead atoms. The number of aliphatic imine (C=N–C) groups is 1. The lowest BCUT2D eigenvalue weighted by Gasteiger charge is -2.28. The summed E-state index contributed by atoms with van der Waals surface area (Å²) in [5, 5.41) is 4.77. The lowest BCUT2D eigenvalue weighted by atomic mass is 10.1. The maximum atomic E-state index is 5.02. The number of rotatable bonds is 5. The highest BCUT2D eigenvalue weighted by Gasteiger charge is 2.31. The SMILES string of the molecule is COCCCCN=C1NC2CCCC2CS1. The summed E-state index contributed by atoms with van der Waals surface area (Å²) >= 11 is 1.91. The second kappa shape index (κ2) is 6.50. The zero-order chi connectivity index (χ0) is 11.2. The van der Waals surface area contributed by atoms with Gasteiger partial charge in [-0.15, -0.1) is 0 Å². The summed E-state index contributed by atoms with van der Waals surface area (Å²) in [5.74, 6) is 2.17. The fourth-order valence-corrected chi connectivity index (χ4v) is 3.63. The molecule has 3 nitrogen and oxygen atoms in total. The summed E-state index contributed by atoms with van der Waals surface area (Å²) in [6, 6.07) is 0.721. The zero-order valence-corrected chi connectivity index (χ0v) is 10.9. The number of methoxy groups -OCH3 is 1. The summed E-state index contributed by atoms with van der Waals surface area (Å²) in [7, 11) is 1.75. The van der Waals surface area contributed by atoms with Crippen molar-refractivity contribution in [3.8, 4) is 0 Å². The Balaban J connectivity index is 1.67. The minimum atomic E-state index is 0.721. The Bertz CT molecular complexity index is 245. The van der Waals surface area contributed by atoms with E-state index in [0.29, 0.717) is 0 Å². The van der Waals surface area contributed by atoms with Crippen molar-refractivity contribution in [3.05, 3.63) is 0 Å². The van der Waals surface area contributed by atoms with Gasteiger partial charge in [-0.25, -0.2) is 0 Å². The molecule has 1 aliphatic heterocycles. The van der Waals surface area contributed by atoms with Crippen LogP contribution in [0.25, 0.3) is 0 Å². The first kappa shape index (κ1) is 12.2. The summed E-state index contributed by atoms with van der Waals surface area (Å²) in [4.78, 5) is 4.63. The van der Waals surface area contributed by atoms with E-state index in [4.69, 9.17) is 4.74 Å². The molecular formula is C12H22N2OS. The lowest BCUT2D eigenvalue weighted by molar-refractivity contribution is 0.193. The first-order chi connectivity index (χ1) is 7.90. The molecule has 2 fully saturated rings. The fraction of sp³-hybridized carbons (Fsp3) is 0.917. The van der Waals surface area contributed by atoms with E-state index >= 15 is 0 Å². The van der Waals surface area contributed by atoms with E-state index in [0.717, 1.165) is 38.0 Å². The number of amidine groups is 1. The van der Waals surface area contributed by atoms with Crippen molar-refractivity contribution in [1.29, 1.82) is 0 Å². The van der Waals surface area contributed by atoms with Crippen LogP contribution in [0.2, 0.25) is 0 Å². The van der Waals surface area contributed by atoms with Gasteiger partial charge in [0.2, 0.25) is 0 Å². The van der Waals surface area contributed by atoms with Gasteiger partial charge in [0.25, 0.3) is 0 Å². The van der Waals surface area contributed by atoms with Crippen molar-refractivity contribution >= 4 is 16.9 Å². The van der Waals surface area contributed by atoms with Gasteiger partial charge >= 0.3 is 0 Å². The van der Waals surface area contributed by atoms with E-state index in [9.17, 15) is 0 Å². The minimum absolute atomic E-state index is 0.721. The minimum Gasteiger partial charge on any atom is -0.385 e. The molecule has 4 heteroatoms. The molecule has 0 radical (unpaired) electrons. The van der Waals surface area contributed by atoms with Gasteiger partial charge in [-0.05, 0) is 31.6 Å². The predicted molar refractivity (Wildman–Crippen MR) is 70.1 cm³/mol. The van der Waals surface area contributed by atoms with Crippen LogP contribution in [-0.2, 0) is 4.74 Å². The van der Waals surface area contributed by atoms with Gasteiger partial charge in [0.15, 0.2) is 5.17 Å². The number of unbranched alkanes of at least 4 members (excludes halogenated alkanes) is 1. The average molecular weight is 242 g/mol. The Morgan fingerprint density at radius 3 is 3.25 bits per heavy atom. The Kier molecular flexibility index (Phi) is 4.97. The second-order valence-corrected chi connectivity index (χ2v) is 5.65. The van der Waals surface area contributed by atoms with Gasteiger partial charge < -0.3 is 10.1 Å². The molecule has 1 heterocycles. The highest BCUT2D eigenvalue weighted by atomic mass is 32.2. The molecule has 2 unspecified atom stereocenters. The smallest absolute Gasteiger partial charge is 0.156 e. The third-order valence-electron chi connectivity index (χ3n) is 3.41. The summed E-state index contributed by atoms with van der Waals surface area (Å²) in [6.07, 6.45) is 6.39. The first-order valence-corrected chi connectivity index (χ1v) is 7.31. The summed E-state index contributed by atoms with van der Waals surface area (Å²) in [5.41, 5.74) is 0. The van der Waals surface area contributed by atoms with Crippen molar-refractivity contribution in [1.82, 2.24) is 5.32 Å². The molecule has 0 spiro atoms. The van der Waals surface area contributed by atoms with E-state index in [2.05, 4.69) is 10.3 Å². The van der Waals surface area contributed by atoms with Crippen molar-refractivity contribution in [2.45, 2.75) is 38.1 Å². The van der Waals surface area contributed by atoms with E-state index < -0.39 is 0 Å². The molecule has 2 rings (SSSR count). The largest absolute Gasteiger partial charge is 0.385 e. The van der Waals surface area contributed by atoms with Crippen molar-refractivity contribution in [2.75, 3.05) is 26.0 Å². The molecule has 1 saturated heterocycles. The number of nitrogens with zero attached hydrogens (tertiary/aromatic N) is 1. The Morgan fingerprint density at radius 1 is 1.44 bits per heavy atom. The van der Waals surface area contributed by atoms with Gasteiger partial charge in [-0.1, -0.05) is 18.2 Å². The van der Waals surface area contributed by atoms with E-state index in [1.54, 1.807) is 7.11 Å². The standard InChI is InChI=1S/C12H22N2OS/c1-15-8-3-2-7-13-12-14-11-6-4-5-10(11)9-16-12/h10-11H,2-9H2,1H3,(H,13,14). The quantitative estimate of drug-likeness (QED) is 0.751. The average Bonchev–Trinajstić information content (AvgIpc) is 2.76. The van der Waals surface area contributed by atoms with Crippen LogP contribution in [0.15, 0.2) is 4.99 Å². The molecule has 0 aromatic rings. The maximum absolute atomic E-state index is 5.02. The summed E-state index contributed by atoms with van der Waals surface area (Å²) in [6.45, 7) is 1.80. The van der Waals surface area contributed by atoms with Crippen LogP contribution in [0, 0.1) is 5.92 Å². The number of fused-ring (bicyclic) bond motifs is 1. The highest BCUT2D eigenvalue weighted by Crippen LogP contribution is 2.32. The maximum Gasteiger partial charge on any atom is 0.156 e. The molecule has 1 aliphatic carbocycles. The van der Waals surface area contributed by atoms with Crippen LogP contribution in [0.1, 0.15) is 32.1 Å². The van der Waals surface area contributed by atoms with E-state index in [-0.39, 0.29) is 0 Å². The Morgan fingerprint density at radius 2 is 2.38 bits per heavy atom. The molecule has 1 saturated carbocycles. The second-order valence-electron chi connectivity index (χ2n) is 4.64. The predicted octanol–water partition coefficient (Wildman–Crippen LogP) is 2.27. The number of hydrogen-bond acceptors (Lipinski definition) is 3. The molecule has 0 aromatic heterocycles. The van der Waals surface area contributed by atoms with Gasteiger partial charge in [-0.3, -0.25) is 4.99 Å². The van der Waals surface area contributed by atoms with E-state index in [1.807, 2.05) is 11.8 Å². The van der Waals surface area contributed by atoms with Crippen molar-refractivity contribution < 1.29 is 4.74 Å². The van der Waals surface area contributed by atoms with Crippen LogP contribution < -0.4 is 5.32 Å². The van der Waals surface area contributed by atoms with Gasteiger partial charge in [0.1, 0.15) is 0 Å². The lowest BCUT2D eigenvalue weighted by Crippen LogP contribution is -2.41. The third-order valence-corrected chi connectivity index (χ3v) is 4.53. The van der Waals surface area contributed by atoms with Crippen LogP contribution in [0.4, 0.5) is 0 Å². The summed E-state index contributed by atoms with van der Waals surface area (Å²) < 4.78 is 5.02. The van der Waals surface area contributed by atoms with Crippen LogP contribution in [0.3, 0.4) is 0 Å². The number of ether oxygens (including phenoxy) is 1. The zero-order valence-electron chi connectivity index (χ0n) is 10.1. The third kappa shape index (κ3) is 3.39. The molecule has 2 atom stereocenters. The molecule has 0 aromatic carbocycles. The molecule has 0 amide bonds. The van der Waals surface area contributed by atoms with Crippen LogP contribution in [0.5, 0.6) is 0 Å². The van der Waals surface area contributed by atoms with Gasteiger partial charge in [-0.2, -0.15) is 0 Å². The van der Waals surface area contributed by atoms with Crippen molar-refractivity contribution in [3.63, 3.8) is 0 Å². The topological polar surface area (TPSA) is 33.6 Å². The highest BCUT2D eigenvalue weighted by molar-refractivity contribution is 8.13. The van der Waals surface area contributed by atoms with E-state index in [1.165, 1.54) is 30.2 Å². The fourth-order valence-electron chi connectivity index (χ4n) is 2.44. The Labute approximate surface area is 102 Å². The van der Waals surface area contributed by atoms with Gasteiger partial charge in [0.05, 0.1) is 0 Å². The number of nitrogens with one attached hydrogen (secondary N) is 1. The molecule has 92 valence electrons. The molecule has 1 N–H and O–H groups in total. The van der Waals surface area contributed by atoms with Gasteiger partial charge in [0, 0.05) is 32.1 Å². The molecule has 16 heavy (non-hydrogen) atoms. The number of hydrogen-bond donors (Lipinski definition) is 1. The monoisotopic (exact) mass is 242 g/mol. The number of thioether (sulfide) groups is 1. The molecule has 2 aliphatic rings. The molecular weight excluding hydrogens is 220 g/mol.